The van der Waals surface area contributed by atoms with Gasteiger partial charge in [-0.1, -0.05) is 0 Å². The third kappa shape index (κ3) is 5.97. The average molecular weight is 454 g/mol. The largest absolute Gasteiger partial charge is 0.459 e. The highest BCUT2D eigenvalue weighted by atomic mass is 32.2. The van der Waals surface area contributed by atoms with Crippen LogP contribution < -0.4 is 21.1 Å². The second-order valence-corrected chi connectivity index (χ2v) is 8.17. The van der Waals surface area contributed by atoms with Gasteiger partial charge < -0.3 is 19.4 Å². The number of aromatic nitrogens is 1. The fourth-order valence-corrected chi connectivity index (χ4v) is 4.01. The maximum atomic E-state index is 12.5. The minimum absolute atomic E-state index is 0.110. The minimum atomic E-state index is -0.824. The van der Waals surface area contributed by atoms with Crippen molar-refractivity contribution in [3.63, 3.8) is 0 Å². The van der Waals surface area contributed by atoms with Crippen molar-refractivity contribution in [3.8, 4) is 0 Å². The molecule has 12 heteroatoms. The van der Waals surface area contributed by atoms with Gasteiger partial charge in [0.1, 0.15) is 11.7 Å². The number of furan rings is 1. The number of hydrogen-bond acceptors (Lipinski definition) is 9. The molecular weight excluding hydrogens is 430 g/mol. The number of hydrazine groups is 1. The van der Waals surface area contributed by atoms with Crippen LogP contribution in [-0.4, -0.2) is 67.1 Å². The molecule has 0 aliphatic carbocycles. The van der Waals surface area contributed by atoms with Crippen LogP contribution in [0.4, 0.5) is 5.13 Å². The maximum Gasteiger partial charge on any atom is 0.289 e. The number of thioether (sulfide) groups is 1. The number of rotatable bonds is 8. The first kappa shape index (κ1) is 22.1. The zero-order chi connectivity index (χ0) is 21.3. The van der Waals surface area contributed by atoms with Gasteiger partial charge in [-0.25, -0.2) is 4.98 Å². The number of carbonyl (C=O) groups excluding carboxylic acids is 3. The van der Waals surface area contributed by atoms with Gasteiger partial charge in [-0.3, -0.25) is 25.2 Å². The maximum absolute atomic E-state index is 12.5. The van der Waals surface area contributed by atoms with Crippen molar-refractivity contribution in [2.75, 3.05) is 43.2 Å². The molecule has 1 aliphatic heterocycles. The molecule has 162 valence electrons. The monoisotopic (exact) mass is 453 g/mol. The molecule has 2 aromatic rings. The number of nitrogens with one attached hydrogen (secondary N) is 3. The lowest BCUT2D eigenvalue weighted by Gasteiger charge is -2.25. The lowest BCUT2D eigenvalue weighted by Crippen LogP contribution is -2.52. The Bertz CT molecular complexity index is 851. The van der Waals surface area contributed by atoms with E-state index >= 15 is 0 Å². The Kier molecular flexibility index (Phi) is 8.11. The lowest BCUT2D eigenvalue weighted by atomic mass is 10.2. The van der Waals surface area contributed by atoms with E-state index in [-0.39, 0.29) is 11.5 Å². The average Bonchev–Trinajstić information content (AvgIpc) is 3.47. The molecule has 3 N–H and O–H groups in total. The molecule has 1 fully saturated rings. The SMILES string of the molecule is CSCCC(NC(=O)c1ccco1)C(=O)NNC(=O)c1csc(N2CCOCC2)n1. The van der Waals surface area contributed by atoms with E-state index in [0.717, 1.165) is 18.2 Å². The van der Waals surface area contributed by atoms with Gasteiger partial charge in [0.05, 0.1) is 19.5 Å². The summed E-state index contributed by atoms with van der Waals surface area (Å²) >= 11 is 2.90. The normalized spacial score (nSPS) is 14.8. The molecule has 10 nitrogen and oxygen atoms in total. The van der Waals surface area contributed by atoms with E-state index in [1.165, 1.54) is 23.7 Å². The third-order valence-electron chi connectivity index (χ3n) is 4.28. The van der Waals surface area contributed by atoms with Gasteiger partial charge in [0, 0.05) is 18.5 Å². The topological polar surface area (TPSA) is 126 Å². The molecule has 1 aliphatic rings. The fourth-order valence-electron chi connectivity index (χ4n) is 2.68. The number of thiazole rings is 1. The Balaban J connectivity index is 1.54. The van der Waals surface area contributed by atoms with Gasteiger partial charge in [-0.05, 0) is 30.6 Å². The molecule has 1 atom stereocenters. The quantitative estimate of drug-likeness (QED) is 0.503. The molecule has 1 unspecified atom stereocenters. The molecule has 0 aromatic carbocycles. The molecule has 3 rings (SSSR count). The second-order valence-electron chi connectivity index (χ2n) is 6.34. The number of nitrogens with zero attached hydrogens (tertiary/aromatic N) is 2. The van der Waals surface area contributed by atoms with E-state index in [1.54, 1.807) is 23.2 Å². The van der Waals surface area contributed by atoms with E-state index < -0.39 is 23.8 Å². The van der Waals surface area contributed by atoms with Gasteiger partial charge in [-0.15, -0.1) is 11.3 Å². The van der Waals surface area contributed by atoms with Crippen molar-refractivity contribution < 1.29 is 23.5 Å². The van der Waals surface area contributed by atoms with Crippen LogP contribution in [0.3, 0.4) is 0 Å². The molecule has 30 heavy (non-hydrogen) atoms. The molecule has 0 bridgehead atoms. The van der Waals surface area contributed by atoms with E-state index in [2.05, 4.69) is 21.2 Å². The Labute approximate surface area is 181 Å². The third-order valence-corrected chi connectivity index (χ3v) is 5.83. The van der Waals surface area contributed by atoms with E-state index in [0.29, 0.717) is 25.4 Å². The van der Waals surface area contributed by atoms with Crippen LogP contribution in [0, 0.1) is 0 Å². The molecule has 1 saturated heterocycles. The minimum Gasteiger partial charge on any atom is -0.459 e. The summed E-state index contributed by atoms with van der Waals surface area (Å²) in [5, 5.41) is 4.99. The summed E-state index contributed by atoms with van der Waals surface area (Å²) in [6.45, 7) is 2.69. The molecular formula is C18H23N5O5S2. The highest BCUT2D eigenvalue weighted by molar-refractivity contribution is 7.98. The van der Waals surface area contributed by atoms with Gasteiger partial charge in [0.25, 0.3) is 17.7 Å². The Morgan fingerprint density at radius 2 is 2.07 bits per heavy atom. The van der Waals surface area contributed by atoms with Crippen molar-refractivity contribution >= 4 is 46.0 Å². The first-order valence-electron chi connectivity index (χ1n) is 9.30. The molecule has 2 aromatic heterocycles. The second kappa shape index (κ2) is 11.0. The van der Waals surface area contributed by atoms with E-state index in [9.17, 15) is 14.4 Å². The highest BCUT2D eigenvalue weighted by Gasteiger charge is 2.23. The van der Waals surface area contributed by atoms with E-state index in [1.807, 2.05) is 11.2 Å². The number of morpholine rings is 1. The molecule has 0 spiro atoms. The number of ether oxygens (including phenoxy) is 1. The van der Waals surface area contributed by atoms with Crippen molar-refractivity contribution in [1.29, 1.82) is 0 Å². The fraction of sp³-hybridized carbons (Fsp3) is 0.444. The Morgan fingerprint density at radius 1 is 1.27 bits per heavy atom. The summed E-state index contributed by atoms with van der Waals surface area (Å²) in [5.74, 6) is -0.790. The predicted octanol–water partition coefficient (Wildman–Crippen LogP) is 0.885. The molecule has 0 radical (unpaired) electrons. The molecule has 3 amide bonds. The van der Waals surface area contributed by atoms with Crippen LogP contribution in [-0.2, 0) is 9.53 Å². The first-order chi connectivity index (χ1) is 14.6. The zero-order valence-corrected chi connectivity index (χ0v) is 18.0. The summed E-state index contributed by atoms with van der Waals surface area (Å²) < 4.78 is 10.4. The number of anilines is 1. The Hall–Kier alpha value is -2.57. The van der Waals surface area contributed by atoms with Crippen molar-refractivity contribution in [3.05, 3.63) is 35.2 Å². The van der Waals surface area contributed by atoms with Crippen LogP contribution >= 0.6 is 23.1 Å². The summed E-state index contributed by atoms with van der Waals surface area (Å²) in [7, 11) is 0. The van der Waals surface area contributed by atoms with Crippen LogP contribution in [0.15, 0.2) is 28.2 Å². The summed E-state index contributed by atoms with van der Waals surface area (Å²) in [5.41, 5.74) is 4.94. The van der Waals surface area contributed by atoms with Crippen LogP contribution in [0.5, 0.6) is 0 Å². The van der Waals surface area contributed by atoms with Gasteiger partial charge >= 0.3 is 0 Å². The molecule has 0 saturated carbocycles. The summed E-state index contributed by atoms with van der Waals surface area (Å²) in [6, 6.07) is 2.27. The van der Waals surface area contributed by atoms with Crippen LogP contribution in [0.1, 0.15) is 27.5 Å². The van der Waals surface area contributed by atoms with Gasteiger partial charge in [-0.2, -0.15) is 11.8 Å². The predicted molar refractivity (Wildman–Crippen MR) is 114 cm³/mol. The number of hydrogen-bond donors (Lipinski definition) is 3. The number of amides is 3. The lowest BCUT2D eigenvalue weighted by molar-refractivity contribution is -0.123. The van der Waals surface area contributed by atoms with E-state index in [4.69, 9.17) is 9.15 Å². The zero-order valence-electron chi connectivity index (χ0n) is 16.4. The standard InChI is InChI=1S/C18H23N5O5S2/c1-29-10-4-12(19-17(26)14-3-2-7-28-14)15(24)21-22-16(25)13-11-30-18(20-13)23-5-8-27-9-6-23/h2-3,7,11-12H,4-6,8-10H2,1H3,(H,19,26)(H,21,24)(H,22,25). The molecule has 3 heterocycles. The first-order valence-corrected chi connectivity index (χ1v) is 11.6. The highest BCUT2D eigenvalue weighted by Crippen LogP contribution is 2.21. The van der Waals surface area contributed by atoms with Crippen molar-refractivity contribution in [1.82, 2.24) is 21.2 Å². The van der Waals surface area contributed by atoms with Crippen LogP contribution in [0.2, 0.25) is 0 Å². The smallest absolute Gasteiger partial charge is 0.289 e. The van der Waals surface area contributed by atoms with Crippen molar-refractivity contribution in [2.45, 2.75) is 12.5 Å². The summed E-state index contributed by atoms with van der Waals surface area (Å²) in [4.78, 5) is 43.5. The van der Waals surface area contributed by atoms with Crippen molar-refractivity contribution in [2.24, 2.45) is 0 Å². The van der Waals surface area contributed by atoms with Gasteiger partial charge in [0.2, 0.25) is 0 Å². The van der Waals surface area contributed by atoms with Crippen LogP contribution in [0.25, 0.3) is 0 Å². The Morgan fingerprint density at radius 3 is 2.77 bits per heavy atom. The van der Waals surface area contributed by atoms with Gasteiger partial charge in [0.15, 0.2) is 10.9 Å². The summed E-state index contributed by atoms with van der Waals surface area (Å²) in [6.07, 6.45) is 3.68. The number of carbonyl (C=O) groups is 3.